The number of ether oxygens (including phenoxy) is 4. The predicted molar refractivity (Wildman–Crippen MR) is 109 cm³/mol. The lowest BCUT2D eigenvalue weighted by Crippen LogP contribution is -2.35. The molecule has 2 aromatic rings. The molecule has 160 valence electrons. The van der Waals surface area contributed by atoms with Crippen LogP contribution >= 0.6 is 0 Å². The summed E-state index contributed by atoms with van der Waals surface area (Å²) in [4.78, 5) is 36.4. The number of esters is 1. The summed E-state index contributed by atoms with van der Waals surface area (Å²) < 4.78 is 20.4. The van der Waals surface area contributed by atoms with Crippen LogP contribution in [0.25, 0.3) is 0 Å². The van der Waals surface area contributed by atoms with E-state index in [-0.39, 0.29) is 5.56 Å². The van der Waals surface area contributed by atoms with E-state index in [9.17, 15) is 14.4 Å². The Balaban J connectivity index is 1.84. The summed E-state index contributed by atoms with van der Waals surface area (Å²) in [5, 5.41) is 5.07. The highest BCUT2D eigenvalue weighted by Crippen LogP contribution is 2.27. The van der Waals surface area contributed by atoms with Gasteiger partial charge in [-0.15, -0.1) is 0 Å². The lowest BCUT2D eigenvalue weighted by Gasteiger charge is -2.14. The zero-order valence-electron chi connectivity index (χ0n) is 17.2. The van der Waals surface area contributed by atoms with Gasteiger partial charge >= 0.3 is 5.97 Å². The predicted octanol–water partition coefficient (Wildman–Crippen LogP) is 2.01. The molecule has 0 aromatic heterocycles. The van der Waals surface area contributed by atoms with Crippen LogP contribution in [-0.4, -0.2) is 51.8 Å². The summed E-state index contributed by atoms with van der Waals surface area (Å²) in [5.74, 6) is -0.233. The summed E-state index contributed by atoms with van der Waals surface area (Å²) in [6.07, 6.45) is -1.04. The maximum absolute atomic E-state index is 12.2. The SMILES string of the molecule is COc1ccc(NC(=O)C(C)OC(=O)CNC(=O)c2ccc(OC)c(OC)c2)cc1. The van der Waals surface area contributed by atoms with E-state index < -0.39 is 30.4 Å². The molecule has 1 atom stereocenters. The van der Waals surface area contributed by atoms with Gasteiger partial charge < -0.3 is 29.6 Å². The summed E-state index contributed by atoms with van der Waals surface area (Å²) in [7, 11) is 4.48. The van der Waals surface area contributed by atoms with Gasteiger partial charge in [0.1, 0.15) is 12.3 Å². The van der Waals surface area contributed by atoms with E-state index in [4.69, 9.17) is 18.9 Å². The first kappa shape index (κ1) is 22.5. The van der Waals surface area contributed by atoms with Gasteiger partial charge in [0.05, 0.1) is 21.3 Å². The van der Waals surface area contributed by atoms with Crippen LogP contribution in [0.5, 0.6) is 17.2 Å². The fraction of sp³-hybridized carbons (Fsp3) is 0.286. The zero-order valence-corrected chi connectivity index (χ0v) is 17.2. The van der Waals surface area contributed by atoms with E-state index in [1.807, 2.05) is 0 Å². The Morgan fingerprint density at radius 3 is 2.17 bits per heavy atom. The maximum Gasteiger partial charge on any atom is 0.326 e. The third-order valence-electron chi connectivity index (χ3n) is 4.07. The number of amides is 2. The number of hydrogen-bond acceptors (Lipinski definition) is 7. The maximum atomic E-state index is 12.2. The van der Waals surface area contributed by atoms with E-state index in [2.05, 4.69) is 10.6 Å². The minimum Gasteiger partial charge on any atom is -0.497 e. The number of anilines is 1. The van der Waals surface area contributed by atoms with Crippen LogP contribution in [0.3, 0.4) is 0 Å². The van der Waals surface area contributed by atoms with E-state index in [1.54, 1.807) is 37.4 Å². The van der Waals surface area contributed by atoms with Crippen LogP contribution < -0.4 is 24.8 Å². The fourth-order valence-electron chi connectivity index (χ4n) is 2.44. The number of rotatable bonds is 9. The molecule has 2 amide bonds. The van der Waals surface area contributed by atoms with Crippen LogP contribution in [0, 0.1) is 0 Å². The second-order valence-electron chi connectivity index (χ2n) is 6.10. The molecular formula is C21H24N2O7. The van der Waals surface area contributed by atoms with Crippen LogP contribution in [0.2, 0.25) is 0 Å². The number of methoxy groups -OCH3 is 3. The standard InChI is InChI=1S/C21H24N2O7/c1-13(20(25)23-15-6-8-16(27-2)9-7-15)30-19(24)12-22-21(26)14-5-10-17(28-3)18(11-14)29-4/h5-11,13H,12H2,1-4H3,(H,22,26)(H,23,25). The molecule has 0 saturated heterocycles. The molecule has 9 nitrogen and oxygen atoms in total. The minimum absolute atomic E-state index is 0.283. The Hall–Kier alpha value is -3.75. The normalized spacial score (nSPS) is 11.1. The Morgan fingerprint density at radius 2 is 1.57 bits per heavy atom. The lowest BCUT2D eigenvalue weighted by atomic mass is 10.2. The smallest absolute Gasteiger partial charge is 0.326 e. The van der Waals surface area contributed by atoms with Crippen molar-refractivity contribution >= 4 is 23.5 Å². The van der Waals surface area contributed by atoms with E-state index >= 15 is 0 Å². The van der Waals surface area contributed by atoms with Crippen molar-refractivity contribution in [1.29, 1.82) is 0 Å². The molecule has 0 aliphatic carbocycles. The number of benzene rings is 2. The van der Waals surface area contributed by atoms with Gasteiger partial charge in [0.15, 0.2) is 17.6 Å². The van der Waals surface area contributed by atoms with E-state index in [0.717, 1.165) is 0 Å². The molecule has 1 unspecified atom stereocenters. The summed E-state index contributed by atoms with van der Waals surface area (Å²) >= 11 is 0. The first-order valence-electron chi connectivity index (χ1n) is 9.02. The highest BCUT2D eigenvalue weighted by molar-refractivity contribution is 5.97. The molecular weight excluding hydrogens is 392 g/mol. The molecule has 2 aromatic carbocycles. The van der Waals surface area contributed by atoms with E-state index in [0.29, 0.717) is 22.9 Å². The van der Waals surface area contributed by atoms with Crippen molar-refractivity contribution in [1.82, 2.24) is 5.32 Å². The van der Waals surface area contributed by atoms with Crippen LogP contribution in [-0.2, 0) is 14.3 Å². The molecule has 0 aliphatic heterocycles. The number of nitrogens with one attached hydrogen (secondary N) is 2. The van der Waals surface area contributed by atoms with Crippen LogP contribution in [0.15, 0.2) is 42.5 Å². The molecule has 0 spiro atoms. The third-order valence-corrected chi connectivity index (χ3v) is 4.07. The van der Waals surface area contributed by atoms with Gasteiger partial charge in [-0.3, -0.25) is 14.4 Å². The van der Waals surface area contributed by atoms with Gasteiger partial charge in [0, 0.05) is 11.3 Å². The molecule has 2 rings (SSSR count). The van der Waals surface area contributed by atoms with Gasteiger partial charge in [-0.1, -0.05) is 0 Å². The van der Waals surface area contributed by atoms with Gasteiger partial charge in [0.25, 0.3) is 11.8 Å². The third kappa shape index (κ3) is 6.13. The largest absolute Gasteiger partial charge is 0.497 e. The van der Waals surface area contributed by atoms with Crippen LogP contribution in [0.1, 0.15) is 17.3 Å². The van der Waals surface area contributed by atoms with Crippen molar-refractivity contribution < 1.29 is 33.3 Å². The molecule has 0 bridgehead atoms. The van der Waals surface area contributed by atoms with Crippen molar-refractivity contribution in [3.8, 4) is 17.2 Å². The van der Waals surface area contributed by atoms with Gasteiger partial charge in [0.2, 0.25) is 0 Å². The second-order valence-corrected chi connectivity index (χ2v) is 6.10. The molecule has 0 heterocycles. The Labute approximate surface area is 174 Å². The van der Waals surface area contributed by atoms with Crippen molar-refractivity contribution in [2.45, 2.75) is 13.0 Å². The molecule has 2 N–H and O–H groups in total. The number of carbonyl (C=O) groups is 3. The van der Waals surface area contributed by atoms with Crippen molar-refractivity contribution in [3.63, 3.8) is 0 Å². The molecule has 0 aliphatic rings. The van der Waals surface area contributed by atoms with Crippen molar-refractivity contribution in [2.75, 3.05) is 33.2 Å². The first-order chi connectivity index (χ1) is 14.4. The summed E-state index contributed by atoms with van der Waals surface area (Å²) in [5.41, 5.74) is 0.816. The Kier molecular flexibility index (Phi) is 8.04. The fourth-order valence-corrected chi connectivity index (χ4v) is 2.44. The van der Waals surface area contributed by atoms with E-state index in [1.165, 1.54) is 33.3 Å². The zero-order chi connectivity index (χ0) is 22.1. The Bertz CT molecular complexity index is 897. The first-order valence-corrected chi connectivity index (χ1v) is 9.02. The average Bonchev–Trinajstić information content (AvgIpc) is 2.77. The molecule has 30 heavy (non-hydrogen) atoms. The number of hydrogen-bond donors (Lipinski definition) is 2. The molecule has 9 heteroatoms. The van der Waals surface area contributed by atoms with Gasteiger partial charge in [-0.05, 0) is 49.4 Å². The molecule has 0 saturated carbocycles. The molecule has 0 fully saturated rings. The quantitative estimate of drug-likeness (QED) is 0.602. The molecule has 0 radical (unpaired) electrons. The van der Waals surface area contributed by atoms with Crippen molar-refractivity contribution in [3.05, 3.63) is 48.0 Å². The summed E-state index contributed by atoms with van der Waals surface area (Å²) in [6.45, 7) is 1.04. The number of carbonyl (C=O) groups excluding carboxylic acids is 3. The topological polar surface area (TPSA) is 112 Å². The Morgan fingerprint density at radius 1 is 0.900 bits per heavy atom. The average molecular weight is 416 g/mol. The highest BCUT2D eigenvalue weighted by atomic mass is 16.5. The highest BCUT2D eigenvalue weighted by Gasteiger charge is 2.19. The lowest BCUT2D eigenvalue weighted by molar-refractivity contribution is -0.152. The summed E-state index contributed by atoms with van der Waals surface area (Å²) in [6, 6.07) is 11.3. The van der Waals surface area contributed by atoms with Crippen LogP contribution in [0.4, 0.5) is 5.69 Å². The monoisotopic (exact) mass is 416 g/mol. The minimum atomic E-state index is -1.04. The van der Waals surface area contributed by atoms with Gasteiger partial charge in [-0.25, -0.2) is 0 Å². The van der Waals surface area contributed by atoms with Crippen molar-refractivity contribution in [2.24, 2.45) is 0 Å². The van der Waals surface area contributed by atoms with Gasteiger partial charge in [-0.2, -0.15) is 0 Å². The second kappa shape index (κ2) is 10.7.